The molecule has 0 fully saturated rings. The van der Waals surface area contributed by atoms with E-state index in [-0.39, 0.29) is 5.91 Å². The molecule has 0 bridgehead atoms. The standard InChI is InChI=1S/C21H17N3O/c25-21(19-11-14-22-15-12-19)24-23-16-13-20(17-7-3-1-4-8-17)18-9-5-2-6-10-18/h1-16H,(H,24,25). The van der Waals surface area contributed by atoms with Crippen molar-refractivity contribution in [3.63, 3.8) is 0 Å². The van der Waals surface area contributed by atoms with Crippen LogP contribution in [0.15, 0.2) is 96.4 Å². The number of nitrogens with one attached hydrogen (secondary N) is 1. The van der Waals surface area contributed by atoms with Crippen LogP contribution >= 0.6 is 0 Å². The summed E-state index contributed by atoms with van der Waals surface area (Å²) in [5, 5.41) is 4.02. The number of benzene rings is 2. The van der Waals surface area contributed by atoms with E-state index in [1.165, 1.54) is 0 Å². The summed E-state index contributed by atoms with van der Waals surface area (Å²) in [5.41, 5.74) is 6.23. The van der Waals surface area contributed by atoms with Gasteiger partial charge in [-0.3, -0.25) is 9.78 Å². The van der Waals surface area contributed by atoms with Crippen LogP contribution in [0.3, 0.4) is 0 Å². The summed E-state index contributed by atoms with van der Waals surface area (Å²) in [4.78, 5) is 15.8. The van der Waals surface area contributed by atoms with Crippen molar-refractivity contribution in [2.45, 2.75) is 0 Å². The molecule has 122 valence electrons. The van der Waals surface area contributed by atoms with Crippen LogP contribution in [0.2, 0.25) is 0 Å². The monoisotopic (exact) mass is 327 g/mol. The van der Waals surface area contributed by atoms with Crippen molar-refractivity contribution in [2.24, 2.45) is 5.10 Å². The van der Waals surface area contributed by atoms with Crippen LogP contribution in [-0.4, -0.2) is 17.1 Å². The van der Waals surface area contributed by atoms with Crippen LogP contribution < -0.4 is 5.43 Å². The second-order valence-electron chi connectivity index (χ2n) is 5.27. The molecule has 0 aliphatic rings. The smallest absolute Gasteiger partial charge is 0.267 e. The first-order valence-corrected chi connectivity index (χ1v) is 7.89. The van der Waals surface area contributed by atoms with Crippen LogP contribution in [0.25, 0.3) is 5.57 Å². The fraction of sp³-hybridized carbons (Fsp3) is 0. The van der Waals surface area contributed by atoms with Crippen molar-refractivity contribution in [1.29, 1.82) is 0 Å². The van der Waals surface area contributed by atoms with Gasteiger partial charge in [0.1, 0.15) is 0 Å². The van der Waals surface area contributed by atoms with E-state index in [2.05, 4.69) is 15.5 Å². The highest BCUT2D eigenvalue weighted by Gasteiger charge is 2.04. The minimum Gasteiger partial charge on any atom is -0.267 e. The molecule has 0 aliphatic carbocycles. The third kappa shape index (κ3) is 4.48. The zero-order chi connectivity index (χ0) is 17.3. The first-order chi connectivity index (χ1) is 12.3. The minimum absolute atomic E-state index is 0.270. The lowest BCUT2D eigenvalue weighted by molar-refractivity contribution is 0.0955. The molecule has 4 heteroatoms. The third-order valence-electron chi connectivity index (χ3n) is 3.59. The number of pyridine rings is 1. The number of allylic oxidation sites excluding steroid dienone is 1. The first-order valence-electron chi connectivity index (χ1n) is 7.89. The number of hydrazone groups is 1. The summed E-state index contributed by atoms with van der Waals surface area (Å²) in [7, 11) is 0. The van der Waals surface area contributed by atoms with E-state index in [0.717, 1.165) is 16.7 Å². The number of aromatic nitrogens is 1. The Hall–Kier alpha value is -3.53. The largest absolute Gasteiger partial charge is 0.271 e. The number of carbonyl (C=O) groups excluding carboxylic acids is 1. The molecule has 1 N–H and O–H groups in total. The Morgan fingerprint density at radius 2 is 1.36 bits per heavy atom. The number of hydrogen-bond acceptors (Lipinski definition) is 3. The zero-order valence-electron chi connectivity index (χ0n) is 13.5. The average molecular weight is 327 g/mol. The van der Waals surface area contributed by atoms with Gasteiger partial charge in [-0.25, -0.2) is 5.43 Å². The van der Waals surface area contributed by atoms with Crippen LogP contribution in [0.5, 0.6) is 0 Å². The molecule has 0 saturated carbocycles. The summed E-state index contributed by atoms with van der Waals surface area (Å²) >= 11 is 0. The molecule has 0 spiro atoms. The Balaban J connectivity index is 1.79. The second kappa shape index (κ2) is 8.36. The molecule has 2 aromatic carbocycles. The van der Waals surface area contributed by atoms with Crippen LogP contribution in [0.1, 0.15) is 21.5 Å². The minimum atomic E-state index is -0.270. The Morgan fingerprint density at radius 3 is 1.92 bits per heavy atom. The number of hydrogen-bond donors (Lipinski definition) is 1. The highest BCUT2D eigenvalue weighted by atomic mass is 16.2. The SMILES string of the molecule is O=C(NN=CC=C(c1ccccc1)c1ccccc1)c1ccncc1. The number of nitrogens with zero attached hydrogens (tertiary/aromatic N) is 2. The summed E-state index contributed by atoms with van der Waals surface area (Å²) in [6.45, 7) is 0. The zero-order valence-corrected chi connectivity index (χ0v) is 13.5. The second-order valence-corrected chi connectivity index (χ2v) is 5.27. The first kappa shape index (κ1) is 16.3. The Bertz CT molecular complexity index is 831. The lowest BCUT2D eigenvalue weighted by Gasteiger charge is -2.07. The summed E-state index contributed by atoms with van der Waals surface area (Å²) in [6, 6.07) is 23.4. The van der Waals surface area contributed by atoms with E-state index in [1.54, 1.807) is 30.7 Å². The van der Waals surface area contributed by atoms with Crippen molar-refractivity contribution in [2.75, 3.05) is 0 Å². The molecule has 1 aromatic heterocycles. The Labute approximate surface area is 146 Å². The van der Waals surface area contributed by atoms with Crippen LogP contribution in [-0.2, 0) is 0 Å². The lowest BCUT2D eigenvalue weighted by atomic mass is 9.98. The maximum atomic E-state index is 12.0. The van der Waals surface area contributed by atoms with Gasteiger partial charge < -0.3 is 0 Å². The molecular formula is C21H17N3O. The fourth-order valence-electron chi connectivity index (χ4n) is 2.37. The summed E-state index contributed by atoms with van der Waals surface area (Å²) < 4.78 is 0. The van der Waals surface area contributed by atoms with Gasteiger partial charge >= 0.3 is 0 Å². The van der Waals surface area contributed by atoms with Gasteiger partial charge in [-0.15, -0.1) is 0 Å². The highest BCUT2D eigenvalue weighted by Crippen LogP contribution is 2.22. The van der Waals surface area contributed by atoms with Gasteiger partial charge in [-0.2, -0.15) is 5.10 Å². The van der Waals surface area contributed by atoms with Gasteiger partial charge in [0.2, 0.25) is 0 Å². The van der Waals surface area contributed by atoms with Crippen molar-refractivity contribution in [3.05, 3.63) is 108 Å². The van der Waals surface area contributed by atoms with E-state index >= 15 is 0 Å². The molecule has 3 rings (SSSR count). The predicted octanol–water partition coefficient (Wildman–Crippen LogP) is 3.93. The molecule has 0 unspecified atom stereocenters. The van der Waals surface area contributed by atoms with Gasteiger partial charge in [0.15, 0.2) is 0 Å². The normalized spacial score (nSPS) is 10.4. The van der Waals surface area contributed by atoms with Crippen molar-refractivity contribution in [3.8, 4) is 0 Å². The maximum absolute atomic E-state index is 12.0. The van der Waals surface area contributed by atoms with Gasteiger partial charge in [0.05, 0.1) is 0 Å². The Morgan fingerprint density at radius 1 is 0.800 bits per heavy atom. The van der Waals surface area contributed by atoms with E-state index in [1.807, 2.05) is 66.7 Å². The van der Waals surface area contributed by atoms with E-state index < -0.39 is 0 Å². The van der Waals surface area contributed by atoms with E-state index in [9.17, 15) is 4.79 Å². The van der Waals surface area contributed by atoms with Crippen molar-refractivity contribution in [1.82, 2.24) is 10.4 Å². The van der Waals surface area contributed by atoms with E-state index in [0.29, 0.717) is 5.56 Å². The maximum Gasteiger partial charge on any atom is 0.271 e. The molecular weight excluding hydrogens is 310 g/mol. The number of rotatable bonds is 5. The third-order valence-corrected chi connectivity index (χ3v) is 3.59. The predicted molar refractivity (Wildman–Crippen MR) is 100 cm³/mol. The Kier molecular flexibility index (Phi) is 5.46. The molecule has 3 aromatic rings. The summed E-state index contributed by atoms with van der Waals surface area (Å²) in [6.07, 6.45) is 6.62. The molecule has 0 radical (unpaired) electrons. The van der Waals surface area contributed by atoms with Gasteiger partial charge in [0.25, 0.3) is 5.91 Å². The lowest BCUT2D eigenvalue weighted by Crippen LogP contribution is -2.17. The quantitative estimate of drug-likeness (QED) is 0.570. The molecule has 0 saturated heterocycles. The van der Waals surface area contributed by atoms with Gasteiger partial charge in [-0.05, 0) is 34.9 Å². The number of carbonyl (C=O) groups is 1. The van der Waals surface area contributed by atoms with Gasteiger partial charge in [0, 0.05) is 24.2 Å². The topological polar surface area (TPSA) is 54.4 Å². The van der Waals surface area contributed by atoms with Crippen molar-refractivity contribution < 1.29 is 4.79 Å². The molecule has 4 nitrogen and oxygen atoms in total. The average Bonchev–Trinajstić information content (AvgIpc) is 2.70. The summed E-state index contributed by atoms with van der Waals surface area (Å²) in [5.74, 6) is -0.270. The van der Waals surface area contributed by atoms with E-state index in [4.69, 9.17) is 0 Å². The van der Waals surface area contributed by atoms with Crippen LogP contribution in [0.4, 0.5) is 0 Å². The molecule has 25 heavy (non-hydrogen) atoms. The highest BCUT2D eigenvalue weighted by molar-refractivity contribution is 5.95. The van der Waals surface area contributed by atoms with Crippen LogP contribution in [0, 0.1) is 0 Å². The molecule has 1 heterocycles. The molecule has 1 amide bonds. The molecule has 0 atom stereocenters. The number of amides is 1. The van der Waals surface area contributed by atoms with Crippen molar-refractivity contribution >= 4 is 17.7 Å². The molecule has 0 aliphatic heterocycles. The van der Waals surface area contributed by atoms with Gasteiger partial charge in [-0.1, -0.05) is 60.7 Å². The fourth-order valence-corrected chi connectivity index (χ4v) is 2.37.